The van der Waals surface area contributed by atoms with Crippen LogP contribution in [-0.4, -0.2) is 23.0 Å². The Morgan fingerprint density at radius 3 is 2.46 bits per heavy atom. The highest BCUT2D eigenvalue weighted by Crippen LogP contribution is 2.39. The molecule has 1 amide bonds. The van der Waals surface area contributed by atoms with Crippen LogP contribution in [0.5, 0.6) is 0 Å². The van der Waals surface area contributed by atoms with E-state index >= 15 is 0 Å². The van der Waals surface area contributed by atoms with E-state index in [1.54, 1.807) is 4.90 Å². The minimum Gasteiger partial charge on any atom is -0.477 e. The number of aromatic carboxylic acids is 1. The van der Waals surface area contributed by atoms with Gasteiger partial charge in [0.25, 0.3) is 0 Å². The number of thiophene rings is 1. The molecular weight excluding hydrogens is 346 g/mol. The molecular formula is C21H23NO3S. The number of anilines is 1. The summed E-state index contributed by atoms with van der Waals surface area (Å²) in [5.74, 6) is -1.08. The Balaban J connectivity index is 2.02. The summed E-state index contributed by atoms with van der Waals surface area (Å²) < 4.78 is 0. The average molecular weight is 369 g/mol. The predicted molar refractivity (Wildman–Crippen MR) is 106 cm³/mol. The van der Waals surface area contributed by atoms with E-state index in [9.17, 15) is 14.7 Å². The Morgan fingerprint density at radius 1 is 1.23 bits per heavy atom. The van der Waals surface area contributed by atoms with E-state index in [0.717, 1.165) is 23.3 Å². The largest absolute Gasteiger partial charge is 0.477 e. The van der Waals surface area contributed by atoms with Crippen molar-refractivity contribution in [1.82, 2.24) is 0 Å². The van der Waals surface area contributed by atoms with Crippen LogP contribution in [0.25, 0.3) is 10.4 Å². The predicted octanol–water partition coefficient (Wildman–Crippen LogP) is 5.21. The maximum atomic E-state index is 13.2. The Hall–Kier alpha value is -2.40. The highest BCUT2D eigenvalue weighted by Gasteiger charge is 2.32. The van der Waals surface area contributed by atoms with E-state index in [2.05, 4.69) is 6.08 Å². The minimum atomic E-state index is -0.994. The molecule has 0 radical (unpaired) electrons. The standard InChI is InChI=1S/C21H23NO3S/c1-13(2)22(20(23)16-10-9-14(3)11-16)17-12-18(26-19(17)21(24)25)15-7-5-4-6-8-15/h4-9,12-13,16H,10-11H2,1-3H3,(H,24,25). The van der Waals surface area contributed by atoms with Crippen molar-refractivity contribution in [2.45, 2.75) is 39.7 Å². The van der Waals surface area contributed by atoms with Crippen molar-refractivity contribution in [3.63, 3.8) is 0 Å². The van der Waals surface area contributed by atoms with Gasteiger partial charge in [-0.3, -0.25) is 4.79 Å². The summed E-state index contributed by atoms with van der Waals surface area (Å²) in [6.07, 6.45) is 3.58. The van der Waals surface area contributed by atoms with Gasteiger partial charge in [0.05, 0.1) is 5.69 Å². The average Bonchev–Trinajstić information content (AvgIpc) is 3.22. The van der Waals surface area contributed by atoms with E-state index < -0.39 is 5.97 Å². The van der Waals surface area contributed by atoms with Gasteiger partial charge in [-0.15, -0.1) is 11.3 Å². The molecule has 1 aliphatic rings. The van der Waals surface area contributed by atoms with Crippen LogP contribution < -0.4 is 4.90 Å². The summed E-state index contributed by atoms with van der Waals surface area (Å²) in [7, 11) is 0. The molecule has 4 nitrogen and oxygen atoms in total. The molecule has 1 aromatic heterocycles. The van der Waals surface area contributed by atoms with E-state index in [1.807, 2.05) is 57.2 Å². The lowest BCUT2D eigenvalue weighted by Gasteiger charge is -2.29. The second kappa shape index (κ2) is 7.46. The van der Waals surface area contributed by atoms with E-state index in [1.165, 1.54) is 16.9 Å². The Kier molecular flexibility index (Phi) is 5.28. The van der Waals surface area contributed by atoms with Crippen LogP contribution in [0.3, 0.4) is 0 Å². The number of hydrogen-bond acceptors (Lipinski definition) is 3. The number of carbonyl (C=O) groups excluding carboxylic acids is 1. The smallest absolute Gasteiger partial charge is 0.348 e. The first-order chi connectivity index (χ1) is 12.4. The molecule has 1 unspecified atom stereocenters. The SMILES string of the molecule is CC1=CCC(C(=O)N(c2cc(-c3ccccc3)sc2C(=O)O)C(C)C)C1. The van der Waals surface area contributed by atoms with Crippen LogP contribution in [0.4, 0.5) is 5.69 Å². The molecule has 1 aliphatic carbocycles. The van der Waals surface area contributed by atoms with E-state index in [-0.39, 0.29) is 22.7 Å². The molecule has 0 saturated heterocycles. The van der Waals surface area contributed by atoms with Gasteiger partial charge < -0.3 is 10.0 Å². The molecule has 26 heavy (non-hydrogen) atoms. The van der Waals surface area contributed by atoms with Crippen molar-refractivity contribution in [3.8, 4) is 10.4 Å². The maximum Gasteiger partial charge on any atom is 0.348 e. The highest BCUT2D eigenvalue weighted by molar-refractivity contribution is 7.18. The summed E-state index contributed by atoms with van der Waals surface area (Å²) in [5.41, 5.74) is 2.69. The maximum absolute atomic E-state index is 13.2. The van der Waals surface area contributed by atoms with Crippen molar-refractivity contribution in [2.75, 3.05) is 4.90 Å². The molecule has 1 heterocycles. The third-order valence-electron chi connectivity index (χ3n) is 4.65. The molecule has 1 N–H and O–H groups in total. The number of carboxylic acid groups (broad SMARTS) is 1. The number of carbonyl (C=O) groups is 2. The molecule has 3 rings (SSSR count). The Morgan fingerprint density at radius 2 is 1.92 bits per heavy atom. The summed E-state index contributed by atoms with van der Waals surface area (Å²) in [5, 5.41) is 9.71. The van der Waals surface area contributed by atoms with Gasteiger partial charge in [-0.05, 0) is 45.2 Å². The molecule has 0 bridgehead atoms. The lowest BCUT2D eigenvalue weighted by atomic mass is 10.0. The van der Waals surface area contributed by atoms with E-state index in [4.69, 9.17) is 0 Å². The fourth-order valence-corrected chi connectivity index (χ4v) is 4.39. The number of rotatable bonds is 5. The van der Waals surface area contributed by atoms with Crippen LogP contribution in [0.2, 0.25) is 0 Å². The van der Waals surface area contributed by atoms with Crippen LogP contribution in [0, 0.1) is 5.92 Å². The fraction of sp³-hybridized carbons (Fsp3) is 0.333. The van der Waals surface area contributed by atoms with Crippen LogP contribution in [0.15, 0.2) is 48.0 Å². The lowest BCUT2D eigenvalue weighted by Crippen LogP contribution is -2.41. The molecule has 1 aromatic carbocycles. The molecule has 0 saturated carbocycles. The first-order valence-electron chi connectivity index (χ1n) is 8.79. The van der Waals surface area contributed by atoms with Gasteiger partial charge >= 0.3 is 5.97 Å². The second-order valence-electron chi connectivity index (χ2n) is 6.99. The van der Waals surface area contributed by atoms with Crippen LogP contribution in [-0.2, 0) is 4.79 Å². The summed E-state index contributed by atoms with van der Waals surface area (Å²) in [6.45, 7) is 5.89. The van der Waals surface area contributed by atoms with Gasteiger partial charge in [0.2, 0.25) is 5.91 Å². The quantitative estimate of drug-likeness (QED) is 0.736. The number of amides is 1. The Bertz CT molecular complexity index is 851. The Labute approximate surface area is 157 Å². The zero-order valence-corrected chi connectivity index (χ0v) is 16.0. The van der Waals surface area contributed by atoms with Gasteiger partial charge in [0.1, 0.15) is 4.88 Å². The zero-order valence-electron chi connectivity index (χ0n) is 15.2. The molecule has 0 fully saturated rings. The van der Waals surface area contributed by atoms with Gasteiger partial charge in [-0.25, -0.2) is 4.79 Å². The van der Waals surface area contributed by atoms with Crippen LogP contribution >= 0.6 is 11.3 Å². The van der Waals surface area contributed by atoms with Crippen molar-refractivity contribution in [2.24, 2.45) is 5.92 Å². The first-order valence-corrected chi connectivity index (χ1v) is 9.61. The monoisotopic (exact) mass is 369 g/mol. The summed E-state index contributed by atoms with van der Waals surface area (Å²) in [4.78, 5) is 27.8. The van der Waals surface area contributed by atoms with Gasteiger partial charge in [0, 0.05) is 16.8 Å². The van der Waals surface area contributed by atoms with Crippen molar-refractivity contribution in [1.29, 1.82) is 0 Å². The van der Waals surface area contributed by atoms with Crippen molar-refractivity contribution in [3.05, 3.63) is 52.9 Å². The van der Waals surface area contributed by atoms with Crippen molar-refractivity contribution < 1.29 is 14.7 Å². The van der Waals surface area contributed by atoms with Crippen LogP contribution in [0.1, 0.15) is 43.3 Å². The third-order valence-corrected chi connectivity index (χ3v) is 5.81. The van der Waals surface area contributed by atoms with E-state index in [0.29, 0.717) is 5.69 Å². The third kappa shape index (κ3) is 3.58. The number of nitrogens with zero attached hydrogens (tertiary/aromatic N) is 1. The first kappa shape index (κ1) is 18.4. The fourth-order valence-electron chi connectivity index (χ4n) is 3.39. The molecule has 0 aliphatic heterocycles. The number of carboxylic acids is 1. The zero-order chi connectivity index (χ0) is 18.8. The second-order valence-corrected chi connectivity index (χ2v) is 8.04. The van der Waals surface area contributed by atoms with Gasteiger partial charge in [-0.2, -0.15) is 0 Å². The van der Waals surface area contributed by atoms with Gasteiger partial charge in [-0.1, -0.05) is 42.0 Å². The van der Waals surface area contributed by atoms with Gasteiger partial charge in [0.15, 0.2) is 0 Å². The number of benzene rings is 1. The number of allylic oxidation sites excluding steroid dienone is 2. The van der Waals surface area contributed by atoms with Crippen molar-refractivity contribution >= 4 is 28.9 Å². The highest BCUT2D eigenvalue weighted by atomic mass is 32.1. The topological polar surface area (TPSA) is 57.6 Å². The summed E-state index contributed by atoms with van der Waals surface area (Å²) >= 11 is 1.22. The molecule has 2 aromatic rings. The summed E-state index contributed by atoms with van der Waals surface area (Å²) in [6, 6.07) is 11.4. The minimum absolute atomic E-state index is 0.00742. The normalized spacial score (nSPS) is 16.6. The molecule has 136 valence electrons. The molecule has 5 heteroatoms. The number of hydrogen-bond donors (Lipinski definition) is 1. The lowest BCUT2D eigenvalue weighted by molar-refractivity contribution is -0.122. The molecule has 0 spiro atoms. The molecule has 1 atom stereocenters.